The van der Waals surface area contributed by atoms with Gasteiger partial charge in [0.1, 0.15) is 10.8 Å². The zero-order valence-corrected chi connectivity index (χ0v) is 15.0. The van der Waals surface area contributed by atoms with Crippen LogP contribution in [0.5, 0.6) is 0 Å². The van der Waals surface area contributed by atoms with E-state index < -0.39 is 0 Å². The largest absolute Gasteiger partial charge is 0.361 e. The van der Waals surface area contributed by atoms with Crippen molar-refractivity contribution in [3.05, 3.63) is 40.9 Å². The second-order valence-electron chi connectivity index (χ2n) is 5.97. The summed E-state index contributed by atoms with van der Waals surface area (Å²) >= 11 is 1.44. The molecule has 7 nitrogen and oxygen atoms in total. The molecule has 2 aromatic rings. The third-order valence-corrected chi connectivity index (χ3v) is 4.93. The molecule has 0 aromatic carbocycles. The van der Waals surface area contributed by atoms with E-state index in [1.54, 1.807) is 18.3 Å². The molecule has 2 N–H and O–H groups in total. The number of hydrogen-bond donors (Lipinski definition) is 2. The van der Waals surface area contributed by atoms with E-state index in [1.165, 1.54) is 11.8 Å². The van der Waals surface area contributed by atoms with Crippen molar-refractivity contribution in [3.63, 3.8) is 0 Å². The summed E-state index contributed by atoms with van der Waals surface area (Å²) in [6, 6.07) is 3.69. The van der Waals surface area contributed by atoms with Crippen molar-refractivity contribution in [2.45, 2.75) is 43.5 Å². The Balaban J connectivity index is 1.61. The number of rotatable bonds is 7. The number of hydrogen-bond acceptors (Lipinski definition) is 6. The molecule has 2 amide bonds. The van der Waals surface area contributed by atoms with Crippen molar-refractivity contribution in [3.8, 4) is 0 Å². The number of nitrogens with zero attached hydrogens (tertiary/aromatic N) is 2. The molecule has 25 heavy (non-hydrogen) atoms. The molecule has 0 saturated heterocycles. The van der Waals surface area contributed by atoms with Crippen LogP contribution in [0.3, 0.4) is 0 Å². The molecule has 0 unspecified atom stereocenters. The van der Waals surface area contributed by atoms with Gasteiger partial charge in [0, 0.05) is 23.6 Å². The Labute approximate surface area is 149 Å². The first-order chi connectivity index (χ1) is 12.0. The molecule has 0 bridgehead atoms. The van der Waals surface area contributed by atoms with Crippen molar-refractivity contribution in [2.24, 2.45) is 0 Å². The molecule has 1 fully saturated rings. The number of pyridine rings is 1. The van der Waals surface area contributed by atoms with E-state index >= 15 is 0 Å². The van der Waals surface area contributed by atoms with Crippen LogP contribution in [0.1, 0.15) is 40.2 Å². The molecule has 3 rings (SSSR count). The molecule has 1 saturated carbocycles. The summed E-state index contributed by atoms with van der Waals surface area (Å²) in [5.74, 6) is 0.911. The fraction of sp³-hybridized carbons (Fsp3) is 0.412. The summed E-state index contributed by atoms with van der Waals surface area (Å²) in [6.45, 7) is 3.72. The van der Waals surface area contributed by atoms with Gasteiger partial charge in [0.25, 0.3) is 5.91 Å². The van der Waals surface area contributed by atoms with Gasteiger partial charge in [0.2, 0.25) is 5.91 Å². The topological polar surface area (TPSA) is 97.1 Å². The Morgan fingerprint density at radius 2 is 2.16 bits per heavy atom. The zero-order valence-electron chi connectivity index (χ0n) is 14.2. The van der Waals surface area contributed by atoms with Gasteiger partial charge in [-0.3, -0.25) is 9.59 Å². The molecule has 0 atom stereocenters. The Hall–Kier alpha value is -2.35. The van der Waals surface area contributed by atoms with Crippen molar-refractivity contribution in [2.75, 3.05) is 6.54 Å². The standard InChI is InChI=1S/C17H20N4O3S/c1-10-14(11(2)24-21-10)9-25-17-13(4-3-7-18-17)16(23)19-8-15(22)20-12-5-6-12/h3-4,7,12H,5-6,8-9H2,1-2H3,(H,19,23)(H,20,22). The molecular weight excluding hydrogens is 340 g/mol. The van der Waals surface area contributed by atoms with E-state index in [1.807, 2.05) is 13.8 Å². The van der Waals surface area contributed by atoms with Crippen LogP contribution in [0.2, 0.25) is 0 Å². The normalized spacial score (nSPS) is 13.5. The van der Waals surface area contributed by atoms with Gasteiger partial charge in [0.15, 0.2) is 0 Å². The molecule has 8 heteroatoms. The van der Waals surface area contributed by atoms with Crippen molar-refractivity contribution in [1.29, 1.82) is 0 Å². The van der Waals surface area contributed by atoms with Crippen LogP contribution in [0, 0.1) is 13.8 Å². The predicted molar refractivity (Wildman–Crippen MR) is 93.3 cm³/mol. The molecule has 1 aliphatic rings. The number of carbonyl (C=O) groups excluding carboxylic acids is 2. The maximum absolute atomic E-state index is 12.4. The fourth-order valence-corrected chi connectivity index (χ4v) is 3.43. The van der Waals surface area contributed by atoms with E-state index in [2.05, 4.69) is 20.8 Å². The van der Waals surface area contributed by atoms with Crippen molar-refractivity contribution in [1.82, 2.24) is 20.8 Å². The maximum Gasteiger partial charge on any atom is 0.254 e. The highest BCUT2D eigenvalue weighted by Gasteiger charge is 2.23. The third-order valence-electron chi connectivity index (χ3n) is 3.90. The minimum atomic E-state index is -0.305. The molecule has 0 spiro atoms. The van der Waals surface area contributed by atoms with E-state index in [4.69, 9.17) is 4.52 Å². The summed E-state index contributed by atoms with van der Waals surface area (Å²) in [5, 5.41) is 10.0. The summed E-state index contributed by atoms with van der Waals surface area (Å²) in [7, 11) is 0. The van der Waals surface area contributed by atoms with Crippen LogP contribution in [0.4, 0.5) is 0 Å². The first-order valence-electron chi connectivity index (χ1n) is 8.11. The van der Waals surface area contributed by atoms with Crippen LogP contribution in [-0.4, -0.2) is 34.5 Å². The highest BCUT2D eigenvalue weighted by atomic mass is 32.2. The molecule has 0 radical (unpaired) electrons. The van der Waals surface area contributed by atoms with E-state index in [-0.39, 0.29) is 24.4 Å². The Bertz CT molecular complexity index is 766. The second-order valence-corrected chi connectivity index (χ2v) is 6.94. The molecule has 0 aliphatic heterocycles. The lowest BCUT2D eigenvalue weighted by molar-refractivity contribution is -0.120. The van der Waals surface area contributed by atoms with Gasteiger partial charge >= 0.3 is 0 Å². The lowest BCUT2D eigenvalue weighted by Gasteiger charge is -2.09. The molecule has 2 heterocycles. The summed E-state index contributed by atoms with van der Waals surface area (Å²) in [4.78, 5) is 28.4. The minimum Gasteiger partial charge on any atom is -0.361 e. The lowest BCUT2D eigenvalue weighted by Crippen LogP contribution is -2.38. The van der Waals surface area contributed by atoms with Crippen molar-refractivity contribution >= 4 is 23.6 Å². The van der Waals surface area contributed by atoms with Gasteiger partial charge in [-0.25, -0.2) is 4.98 Å². The van der Waals surface area contributed by atoms with Gasteiger partial charge in [0.05, 0.1) is 17.8 Å². The highest BCUT2D eigenvalue weighted by Crippen LogP contribution is 2.27. The predicted octanol–water partition coefficient (Wildman–Crippen LogP) is 1.99. The fourth-order valence-electron chi connectivity index (χ4n) is 2.29. The van der Waals surface area contributed by atoms with Gasteiger partial charge < -0.3 is 15.2 Å². The van der Waals surface area contributed by atoms with E-state index in [0.717, 1.165) is 29.9 Å². The van der Waals surface area contributed by atoms with Crippen LogP contribution in [-0.2, 0) is 10.5 Å². The van der Waals surface area contributed by atoms with Crippen LogP contribution in [0.25, 0.3) is 0 Å². The zero-order chi connectivity index (χ0) is 17.8. The number of carbonyl (C=O) groups is 2. The van der Waals surface area contributed by atoms with Gasteiger partial charge in [-0.15, -0.1) is 11.8 Å². The monoisotopic (exact) mass is 360 g/mol. The second kappa shape index (κ2) is 7.69. The van der Waals surface area contributed by atoms with Gasteiger partial charge in [-0.05, 0) is 38.8 Å². The summed E-state index contributed by atoms with van der Waals surface area (Å²) in [5.41, 5.74) is 2.30. The lowest BCUT2D eigenvalue weighted by atomic mass is 10.2. The maximum atomic E-state index is 12.4. The average Bonchev–Trinajstić information content (AvgIpc) is 3.36. The first kappa shape index (κ1) is 17.5. The van der Waals surface area contributed by atoms with Crippen LogP contribution in [0.15, 0.2) is 27.9 Å². The molecule has 1 aliphatic carbocycles. The summed E-state index contributed by atoms with van der Waals surface area (Å²) in [6.07, 6.45) is 3.68. The minimum absolute atomic E-state index is 0.0296. The highest BCUT2D eigenvalue weighted by molar-refractivity contribution is 7.98. The number of aromatic nitrogens is 2. The summed E-state index contributed by atoms with van der Waals surface area (Å²) < 4.78 is 5.16. The van der Waals surface area contributed by atoms with Gasteiger partial charge in [-0.2, -0.15) is 0 Å². The van der Waals surface area contributed by atoms with Gasteiger partial charge in [-0.1, -0.05) is 5.16 Å². The quantitative estimate of drug-likeness (QED) is 0.733. The van der Waals surface area contributed by atoms with Crippen LogP contribution >= 0.6 is 11.8 Å². The number of nitrogens with one attached hydrogen (secondary N) is 2. The average molecular weight is 360 g/mol. The number of aryl methyl sites for hydroxylation is 2. The van der Waals surface area contributed by atoms with Crippen LogP contribution < -0.4 is 10.6 Å². The Morgan fingerprint density at radius 1 is 1.36 bits per heavy atom. The Morgan fingerprint density at radius 3 is 2.84 bits per heavy atom. The SMILES string of the molecule is Cc1noc(C)c1CSc1ncccc1C(=O)NCC(=O)NC1CC1. The molecule has 2 aromatic heterocycles. The number of thioether (sulfide) groups is 1. The van der Waals surface area contributed by atoms with Crippen molar-refractivity contribution < 1.29 is 14.1 Å². The smallest absolute Gasteiger partial charge is 0.254 e. The molecular formula is C17H20N4O3S. The Kier molecular flexibility index (Phi) is 5.37. The number of amides is 2. The third kappa shape index (κ3) is 4.60. The molecule has 132 valence electrons. The van der Waals surface area contributed by atoms with E-state index in [9.17, 15) is 9.59 Å². The first-order valence-corrected chi connectivity index (χ1v) is 9.10. The van der Waals surface area contributed by atoms with E-state index in [0.29, 0.717) is 16.3 Å².